The summed E-state index contributed by atoms with van der Waals surface area (Å²) in [5.41, 5.74) is 2.46. The zero-order valence-corrected chi connectivity index (χ0v) is 16.3. The highest BCUT2D eigenvalue weighted by Gasteiger charge is 2.16. The Balaban J connectivity index is 1.65. The third kappa shape index (κ3) is 4.50. The number of hydrogen-bond acceptors (Lipinski definition) is 6. The number of aromatic nitrogens is 4. The van der Waals surface area contributed by atoms with Gasteiger partial charge < -0.3 is 10.1 Å². The lowest BCUT2D eigenvalue weighted by Crippen LogP contribution is -2.36. The second kappa shape index (κ2) is 8.39. The molecular formula is C20H20N6O3. The first-order valence-electron chi connectivity index (χ1n) is 8.90. The van der Waals surface area contributed by atoms with E-state index < -0.39 is 0 Å². The molecule has 0 saturated heterocycles. The molecule has 1 atom stereocenters. The van der Waals surface area contributed by atoms with Crippen LogP contribution in [-0.4, -0.2) is 44.8 Å². The van der Waals surface area contributed by atoms with E-state index in [9.17, 15) is 9.59 Å². The largest absolute Gasteiger partial charge is 0.495 e. The molecule has 0 spiro atoms. The molecule has 0 saturated carbocycles. The Hall–Kier alpha value is -3.93. The van der Waals surface area contributed by atoms with Crippen molar-refractivity contribution in [3.63, 3.8) is 0 Å². The summed E-state index contributed by atoms with van der Waals surface area (Å²) < 4.78 is 6.96. The van der Waals surface area contributed by atoms with E-state index in [-0.39, 0.29) is 29.1 Å². The van der Waals surface area contributed by atoms with Crippen LogP contribution in [0.5, 0.6) is 5.75 Å². The molecule has 0 fully saturated rings. The smallest absolute Gasteiger partial charge is 0.272 e. The van der Waals surface area contributed by atoms with E-state index in [4.69, 9.17) is 10.00 Å². The average molecular weight is 392 g/mol. The molecule has 0 radical (unpaired) electrons. The number of carbonyl (C=O) groups excluding carboxylic acids is 2. The van der Waals surface area contributed by atoms with Crippen LogP contribution in [0.1, 0.15) is 40.4 Å². The van der Waals surface area contributed by atoms with Crippen LogP contribution in [0.15, 0.2) is 36.5 Å². The molecule has 9 nitrogen and oxygen atoms in total. The molecule has 29 heavy (non-hydrogen) atoms. The predicted molar refractivity (Wildman–Crippen MR) is 104 cm³/mol. The molecule has 2 heterocycles. The molecule has 1 unspecified atom stereocenters. The minimum absolute atomic E-state index is 0.160. The van der Waals surface area contributed by atoms with Gasteiger partial charge in [-0.2, -0.15) is 15.5 Å². The molecule has 1 aromatic carbocycles. The summed E-state index contributed by atoms with van der Waals surface area (Å²) in [7, 11) is 1.52. The van der Waals surface area contributed by atoms with E-state index >= 15 is 0 Å². The number of H-pyrrole nitrogens is 1. The Kier molecular flexibility index (Phi) is 5.74. The summed E-state index contributed by atoms with van der Waals surface area (Å²) in [4.78, 5) is 23.6. The summed E-state index contributed by atoms with van der Waals surface area (Å²) in [5, 5.41) is 22.8. The molecule has 9 heteroatoms. The number of benzene rings is 1. The Labute approximate surface area is 167 Å². The van der Waals surface area contributed by atoms with Gasteiger partial charge in [0.25, 0.3) is 5.91 Å². The zero-order valence-electron chi connectivity index (χ0n) is 16.3. The Morgan fingerprint density at radius 1 is 1.34 bits per heavy atom. The van der Waals surface area contributed by atoms with Crippen LogP contribution in [0.4, 0.5) is 0 Å². The van der Waals surface area contributed by atoms with Gasteiger partial charge >= 0.3 is 0 Å². The molecule has 0 bridgehead atoms. The molecular weight excluding hydrogens is 372 g/mol. The molecule has 3 aromatic rings. The minimum Gasteiger partial charge on any atom is -0.495 e. The fourth-order valence-electron chi connectivity index (χ4n) is 2.80. The first-order chi connectivity index (χ1) is 13.9. The Morgan fingerprint density at radius 2 is 2.14 bits per heavy atom. The van der Waals surface area contributed by atoms with Crippen LogP contribution in [-0.2, 0) is 6.54 Å². The van der Waals surface area contributed by atoms with Crippen molar-refractivity contribution in [1.82, 2.24) is 25.3 Å². The van der Waals surface area contributed by atoms with Crippen molar-refractivity contribution in [1.29, 1.82) is 5.26 Å². The van der Waals surface area contributed by atoms with Gasteiger partial charge in [-0.1, -0.05) is 6.07 Å². The third-order valence-electron chi connectivity index (χ3n) is 4.29. The monoisotopic (exact) mass is 392 g/mol. The number of nitrogens with zero attached hydrogens (tertiary/aromatic N) is 4. The van der Waals surface area contributed by atoms with Crippen molar-refractivity contribution in [2.75, 3.05) is 7.11 Å². The maximum absolute atomic E-state index is 12.3. The van der Waals surface area contributed by atoms with E-state index in [1.165, 1.54) is 20.1 Å². The first kappa shape index (κ1) is 19.8. The number of ketones is 1. The fraction of sp³-hybridized carbons (Fsp3) is 0.250. The van der Waals surface area contributed by atoms with Gasteiger partial charge in [0, 0.05) is 24.7 Å². The molecule has 148 valence electrons. The summed E-state index contributed by atoms with van der Waals surface area (Å²) in [6.45, 7) is 3.70. The van der Waals surface area contributed by atoms with Crippen LogP contribution in [0.25, 0.3) is 11.3 Å². The van der Waals surface area contributed by atoms with Crippen molar-refractivity contribution in [3.8, 4) is 23.1 Å². The number of methoxy groups -OCH3 is 1. The number of aromatic amines is 1. The summed E-state index contributed by atoms with van der Waals surface area (Å²) >= 11 is 0. The van der Waals surface area contributed by atoms with Gasteiger partial charge in [-0.25, -0.2) is 0 Å². The van der Waals surface area contributed by atoms with Crippen molar-refractivity contribution in [3.05, 3.63) is 53.5 Å². The summed E-state index contributed by atoms with van der Waals surface area (Å²) in [5.74, 6) is -0.0670. The maximum Gasteiger partial charge on any atom is 0.272 e. The number of ether oxygens (including phenoxy) is 1. The van der Waals surface area contributed by atoms with Gasteiger partial charge in [-0.05, 0) is 31.2 Å². The fourth-order valence-corrected chi connectivity index (χ4v) is 2.80. The highest BCUT2D eigenvalue weighted by Crippen LogP contribution is 2.25. The van der Waals surface area contributed by atoms with Crippen LogP contribution in [0.2, 0.25) is 0 Å². The molecule has 2 N–H and O–H groups in total. The van der Waals surface area contributed by atoms with E-state index in [1.807, 2.05) is 25.3 Å². The number of nitrogens with one attached hydrogen (secondary N) is 2. The van der Waals surface area contributed by atoms with Crippen molar-refractivity contribution < 1.29 is 14.3 Å². The lowest BCUT2D eigenvalue weighted by atomic mass is 10.1. The van der Waals surface area contributed by atoms with E-state index in [1.54, 1.807) is 16.8 Å². The van der Waals surface area contributed by atoms with Crippen LogP contribution >= 0.6 is 0 Å². The topological polar surface area (TPSA) is 126 Å². The van der Waals surface area contributed by atoms with Gasteiger partial charge in [0.1, 0.15) is 17.5 Å². The third-order valence-corrected chi connectivity index (χ3v) is 4.29. The number of amides is 1. The van der Waals surface area contributed by atoms with Crippen LogP contribution in [0, 0.1) is 11.3 Å². The average Bonchev–Trinajstić information content (AvgIpc) is 3.37. The second-order valence-corrected chi connectivity index (χ2v) is 6.55. The van der Waals surface area contributed by atoms with Crippen LogP contribution < -0.4 is 10.1 Å². The highest BCUT2D eigenvalue weighted by molar-refractivity contribution is 5.97. The van der Waals surface area contributed by atoms with Crippen LogP contribution in [0.3, 0.4) is 0 Å². The lowest BCUT2D eigenvalue weighted by Gasteiger charge is -2.13. The van der Waals surface area contributed by atoms with Crippen molar-refractivity contribution in [2.24, 2.45) is 0 Å². The second-order valence-electron chi connectivity index (χ2n) is 6.55. The molecule has 1 amide bonds. The SMILES string of the molecule is COc1cc(-c2ccn(CC(C)NC(=O)c3cc(C(C)=O)[nH]n3)n2)ccc1C#N. The number of Topliss-reactive ketones (excluding diaryl/α,β-unsaturated/α-hetero) is 1. The van der Waals surface area contributed by atoms with Crippen molar-refractivity contribution in [2.45, 2.75) is 26.4 Å². The quantitative estimate of drug-likeness (QED) is 0.594. The van der Waals surface area contributed by atoms with E-state index in [2.05, 4.69) is 26.7 Å². The first-order valence-corrected chi connectivity index (χ1v) is 8.90. The normalized spacial score (nSPS) is 11.5. The van der Waals surface area contributed by atoms with E-state index in [0.29, 0.717) is 17.9 Å². The predicted octanol–water partition coefficient (Wildman–Crippen LogP) is 2.17. The Morgan fingerprint density at radius 3 is 2.79 bits per heavy atom. The van der Waals surface area contributed by atoms with Gasteiger partial charge in [0.05, 0.1) is 24.9 Å². The maximum atomic E-state index is 12.3. The van der Waals surface area contributed by atoms with Gasteiger partial charge in [0.15, 0.2) is 11.5 Å². The standard InChI is InChI=1S/C20H20N6O3/c1-12(22-20(28)18-9-17(13(2)27)23-24-18)11-26-7-6-16(25-26)14-4-5-15(10-21)19(8-14)29-3/h4-9,12H,11H2,1-3H3,(H,22,28)(H,23,24). The van der Waals surface area contributed by atoms with Crippen molar-refractivity contribution >= 4 is 11.7 Å². The van der Waals surface area contributed by atoms with Gasteiger partial charge in [0.2, 0.25) is 0 Å². The minimum atomic E-state index is -0.370. The Bertz CT molecular complexity index is 1090. The lowest BCUT2D eigenvalue weighted by molar-refractivity contribution is 0.0930. The van der Waals surface area contributed by atoms with E-state index in [0.717, 1.165) is 11.3 Å². The molecule has 0 aliphatic heterocycles. The number of hydrogen-bond donors (Lipinski definition) is 2. The van der Waals surface area contributed by atoms with Gasteiger partial charge in [-0.3, -0.25) is 19.4 Å². The number of carbonyl (C=O) groups is 2. The number of rotatable bonds is 7. The highest BCUT2D eigenvalue weighted by atomic mass is 16.5. The molecule has 2 aromatic heterocycles. The molecule has 3 rings (SSSR count). The summed E-state index contributed by atoms with van der Waals surface area (Å²) in [6, 6.07) is 10.4. The molecule has 0 aliphatic rings. The number of nitriles is 1. The van der Waals surface area contributed by atoms with Gasteiger partial charge in [-0.15, -0.1) is 0 Å². The summed E-state index contributed by atoms with van der Waals surface area (Å²) in [6.07, 6.45) is 1.81. The molecule has 0 aliphatic carbocycles. The zero-order chi connectivity index (χ0) is 21.0.